The summed E-state index contributed by atoms with van der Waals surface area (Å²) in [5, 5.41) is 11.2. The number of carbonyl (C=O) groups excluding carboxylic acids is 2. The number of aliphatic carboxylic acids is 1. The smallest absolute Gasteiger partial charge is 0.475 e. The standard InChI is InChI=1S/C16H27N5O7S.C2HF3O2/c22-15(18-27-10-11-7-13(8-17-11)19-5-1-2-6-19)14-4-3-12-9-20(14)16(23)21(12)28-29(24,25)26;3-2(4,5)1(6)7/h11-14,17H,1-10H2,(H,18,22)(H,24,25,26);(H,6,7)/t11-,12-,13-,14+;/m1./s1. The van der Waals surface area contributed by atoms with Crippen molar-refractivity contribution in [3.05, 3.63) is 0 Å². The van der Waals surface area contributed by atoms with Gasteiger partial charge in [-0.2, -0.15) is 26.7 Å². The number of halogens is 3. The van der Waals surface area contributed by atoms with Gasteiger partial charge in [-0.05, 0) is 45.2 Å². The number of carbonyl (C=O) groups is 3. The highest BCUT2D eigenvalue weighted by atomic mass is 32.3. The fourth-order valence-electron chi connectivity index (χ4n) is 4.70. The van der Waals surface area contributed by atoms with Gasteiger partial charge < -0.3 is 15.3 Å². The number of carboxylic acid groups (broad SMARTS) is 1. The van der Waals surface area contributed by atoms with Crippen molar-refractivity contribution in [1.29, 1.82) is 0 Å². The molecular formula is C18H28F3N5O9S. The summed E-state index contributed by atoms with van der Waals surface area (Å²) in [6.45, 7) is 3.67. The van der Waals surface area contributed by atoms with Crippen LogP contribution >= 0.6 is 0 Å². The van der Waals surface area contributed by atoms with E-state index < -0.39 is 46.6 Å². The largest absolute Gasteiger partial charge is 0.490 e. The molecule has 206 valence electrons. The molecule has 0 saturated carbocycles. The lowest BCUT2D eigenvalue weighted by Crippen LogP contribution is -2.50. The predicted molar refractivity (Wildman–Crippen MR) is 112 cm³/mol. The van der Waals surface area contributed by atoms with Gasteiger partial charge in [0.1, 0.15) is 6.04 Å². The Morgan fingerprint density at radius 3 is 2.39 bits per heavy atom. The number of amides is 3. The second kappa shape index (κ2) is 11.4. The third kappa shape index (κ3) is 7.39. The van der Waals surface area contributed by atoms with Crippen LogP contribution in [0.25, 0.3) is 0 Å². The van der Waals surface area contributed by atoms with E-state index in [4.69, 9.17) is 19.3 Å². The Hall–Kier alpha value is -2.25. The van der Waals surface area contributed by atoms with Gasteiger partial charge in [-0.15, -0.1) is 4.28 Å². The van der Waals surface area contributed by atoms with Crippen LogP contribution in [0.5, 0.6) is 0 Å². The normalized spacial score (nSPS) is 28.7. The van der Waals surface area contributed by atoms with Gasteiger partial charge in [-0.1, -0.05) is 0 Å². The van der Waals surface area contributed by atoms with Crippen LogP contribution in [0.2, 0.25) is 0 Å². The van der Waals surface area contributed by atoms with E-state index in [1.165, 1.54) is 17.7 Å². The fourth-order valence-corrected chi connectivity index (χ4v) is 5.08. The van der Waals surface area contributed by atoms with E-state index in [2.05, 4.69) is 20.0 Å². The third-order valence-electron chi connectivity index (χ3n) is 6.36. The maximum atomic E-state index is 12.5. The van der Waals surface area contributed by atoms with E-state index in [-0.39, 0.29) is 12.6 Å². The second-order valence-electron chi connectivity index (χ2n) is 8.83. The summed E-state index contributed by atoms with van der Waals surface area (Å²) in [7, 11) is -4.81. The molecule has 3 amide bonds. The number of hydroxylamine groups is 3. The monoisotopic (exact) mass is 547 g/mol. The number of piperidine rings is 1. The fraction of sp³-hybridized carbons (Fsp3) is 0.833. The van der Waals surface area contributed by atoms with E-state index >= 15 is 0 Å². The molecule has 4 heterocycles. The highest BCUT2D eigenvalue weighted by molar-refractivity contribution is 7.80. The van der Waals surface area contributed by atoms with Crippen LogP contribution in [-0.2, 0) is 29.1 Å². The summed E-state index contributed by atoms with van der Waals surface area (Å²) < 4.78 is 66.8. The van der Waals surface area contributed by atoms with Crippen LogP contribution in [0.4, 0.5) is 18.0 Å². The van der Waals surface area contributed by atoms with E-state index in [0.717, 1.165) is 26.1 Å². The minimum atomic E-state index is -5.08. The molecule has 4 aliphatic rings. The molecule has 4 rings (SSSR count). The molecule has 0 radical (unpaired) electrons. The highest BCUT2D eigenvalue weighted by Gasteiger charge is 2.49. The lowest BCUT2D eigenvalue weighted by atomic mass is 10.0. The average Bonchev–Trinajstić information content (AvgIpc) is 3.51. The first-order chi connectivity index (χ1) is 16.8. The zero-order valence-electron chi connectivity index (χ0n) is 19.0. The number of nitrogens with one attached hydrogen (secondary N) is 2. The quantitative estimate of drug-likeness (QED) is 0.239. The molecule has 4 saturated heterocycles. The molecule has 0 aromatic carbocycles. The highest BCUT2D eigenvalue weighted by Crippen LogP contribution is 2.30. The molecule has 0 unspecified atom stereocenters. The SMILES string of the molecule is O=C(NOC[C@H]1C[C@@H](N2CCCC2)CN1)[C@@H]1CC[C@@H]2CN1C(=O)N2OS(=O)(=O)O.O=C(O)C(F)(F)F. The molecule has 0 aliphatic carbocycles. The first-order valence-electron chi connectivity index (χ1n) is 11.2. The molecule has 0 spiro atoms. The number of likely N-dealkylation sites (tertiary alicyclic amines) is 1. The van der Waals surface area contributed by atoms with Gasteiger partial charge in [0.25, 0.3) is 5.91 Å². The van der Waals surface area contributed by atoms with Gasteiger partial charge in [0, 0.05) is 25.2 Å². The average molecular weight is 548 g/mol. The molecule has 18 heteroatoms. The Bertz CT molecular complexity index is 932. The van der Waals surface area contributed by atoms with Crippen molar-refractivity contribution in [3.63, 3.8) is 0 Å². The second-order valence-corrected chi connectivity index (χ2v) is 9.83. The van der Waals surface area contributed by atoms with Gasteiger partial charge >= 0.3 is 28.6 Å². The third-order valence-corrected chi connectivity index (χ3v) is 6.70. The molecule has 4 fully saturated rings. The Morgan fingerprint density at radius 2 is 1.81 bits per heavy atom. The van der Waals surface area contributed by atoms with Gasteiger partial charge in [0.05, 0.1) is 12.6 Å². The summed E-state index contributed by atoms with van der Waals surface area (Å²) in [4.78, 5) is 42.8. The van der Waals surface area contributed by atoms with Crippen molar-refractivity contribution in [1.82, 2.24) is 25.7 Å². The Balaban J connectivity index is 0.000000454. The first kappa shape index (κ1) is 28.3. The number of alkyl halides is 3. The topological polar surface area (TPSA) is 178 Å². The van der Waals surface area contributed by atoms with Crippen LogP contribution in [0.1, 0.15) is 32.1 Å². The van der Waals surface area contributed by atoms with Crippen LogP contribution in [0.3, 0.4) is 0 Å². The number of nitrogens with zero attached hydrogens (tertiary/aromatic N) is 3. The van der Waals surface area contributed by atoms with Crippen LogP contribution in [0.15, 0.2) is 0 Å². The Morgan fingerprint density at radius 1 is 1.17 bits per heavy atom. The van der Waals surface area contributed by atoms with Crippen LogP contribution in [-0.4, -0.2) is 114 Å². The van der Waals surface area contributed by atoms with Crippen LogP contribution in [0, 0.1) is 0 Å². The molecule has 36 heavy (non-hydrogen) atoms. The lowest BCUT2D eigenvalue weighted by Gasteiger charge is -2.29. The molecule has 4 aliphatic heterocycles. The van der Waals surface area contributed by atoms with Crippen molar-refractivity contribution in [2.75, 3.05) is 32.8 Å². The maximum Gasteiger partial charge on any atom is 0.490 e. The minimum absolute atomic E-state index is 0.147. The predicted octanol–water partition coefficient (Wildman–Crippen LogP) is -0.503. The van der Waals surface area contributed by atoms with Gasteiger partial charge in [0.2, 0.25) is 0 Å². The summed E-state index contributed by atoms with van der Waals surface area (Å²) >= 11 is 0. The maximum absolute atomic E-state index is 12.5. The molecule has 0 aromatic heterocycles. The summed E-state index contributed by atoms with van der Waals surface area (Å²) in [5.74, 6) is -3.22. The molecule has 2 bridgehead atoms. The van der Waals surface area contributed by atoms with Gasteiger partial charge in [-0.25, -0.2) is 15.1 Å². The number of hydrogen-bond donors (Lipinski definition) is 4. The molecule has 4 N–H and O–H groups in total. The van der Waals surface area contributed by atoms with Gasteiger partial charge in [-0.3, -0.25) is 19.1 Å². The zero-order valence-corrected chi connectivity index (χ0v) is 19.8. The van der Waals surface area contributed by atoms with Crippen molar-refractivity contribution in [2.45, 2.75) is 62.4 Å². The van der Waals surface area contributed by atoms with Crippen molar-refractivity contribution >= 4 is 28.3 Å². The minimum Gasteiger partial charge on any atom is -0.475 e. The Labute approximate surface area is 204 Å². The van der Waals surface area contributed by atoms with Crippen molar-refractivity contribution in [3.8, 4) is 0 Å². The first-order valence-corrected chi connectivity index (χ1v) is 12.6. The van der Waals surface area contributed by atoms with Crippen LogP contribution < -0.4 is 10.8 Å². The van der Waals surface area contributed by atoms with E-state index in [9.17, 15) is 31.2 Å². The summed E-state index contributed by atoms with van der Waals surface area (Å²) in [6.07, 6.45) is -0.906. The van der Waals surface area contributed by atoms with Crippen molar-refractivity contribution < 1.29 is 54.8 Å². The molecular weight excluding hydrogens is 519 g/mol. The number of hydrogen-bond acceptors (Lipinski definition) is 9. The number of carboxylic acids is 1. The number of fused-ring (bicyclic) bond motifs is 2. The zero-order chi connectivity index (χ0) is 26.7. The Kier molecular flexibility index (Phi) is 8.99. The van der Waals surface area contributed by atoms with E-state index in [0.29, 0.717) is 30.6 Å². The molecule has 14 nitrogen and oxygen atoms in total. The number of urea groups is 1. The molecule has 4 atom stereocenters. The molecule has 0 aromatic rings. The van der Waals surface area contributed by atoms with Gasteiger partial charge in [0.15, 0.2) is 0 Å². The van der Waals surface area contributed by atoms with E-state index in [1.54, 1.807) is 0 Å². The number of rotatable bonds is 7. The summed E-state index contributed by atoms with van der Waals surface area (Å²) in [6, 6.07) is -1.41. The summed E-state index contributed by atoms with van der Waals surface area (Å²) in [5.41, 5.74) is 2.42. The lowest BCUT2D eigenvalue weighted by molar-refractivity contribution is -0.192. The van der Waals surface area contributed by atoms with Crippen molar-refractivity contribution in [2.24, 2.45) is 0 Å². The van der Waals surface area contributed by atoms with E-state index in [1.807, 2.05) is 0 Å².